The number of allylic oxidation sites excluding steroid dienone is 1. The Hall–Kier alpha value is -3.21. The molecule has 1 fully saturated rings. The Morgan fingerprint density at radius 1 is 0.934 bits per heavy atom. The van der Waals surface area contributed by atoms with Gasteiger partial charge in [-0.1, -0.05) is 96.4 Å². The predicted molar refractivity (Wildman–Crippen MR) is 247 cm³/mol. The number of nitrogens with zero attached hydrogens (tertiary/aromatic N) is 1. The molecule has 2 amide bonds. The minimum absolute atomic E-state index is 0.0375. The number of rotatable bonds is 27. The maximum Gasteiger partial charge on any atom is 0.339 e. The highest BCUT2D eigenvalue weighted by atomic mass is 28.4. The van der Waals surface area contributed by atoms with E-state index in [2.05, 4.69) is 57.9 Å². The Morgan fingerprint density at radius 3 is 2.07 bits per heavy atom. The third-order valence-corrected chi connectivity index (χ3v) is 16.2. The Balaban J connectivity index is 2.35. The Kier molecular flexibility index (Phi) is 22.8. The normalized spacial score (nSPS) is 16.3. The van der Waals surface area contributed by atoms with Crippen LogP contribution in [0.5, 0.6) is 5.75 Å². The number of carbonyl (C=O) groups is 3. The average Bonchev–Trinajstić information content (AvgIpc) is 3.64. The van der Waals surface area contributed by atoms with E-state index < -0.39 is 49.1 Å². The number of carbonyl (C=O) groups excluding carboxylic acids is 3. The molecule has 3 atom stereocenters. The standard InChI is InChI=1S/C49H82N2O9Si/c1-13-15-17-21-24-31-48(57-36-37-58-48)32-25-22-19-18-20-23-26-41(49(55,45(54)60-46(3,4)5)33-35-59-61(11,12)47(6,7)8)43(52)50-42(44(53)51(9)10)38-39-27-29-40(30-28-39)56-34-16-14-2/h23,26-30,41-42,55H,13,15,17-22,24-25,31-38H2,1-12H3,(H,50,52)/t41-,42+,49+/m1/s1. The first-order valence-corrected chi connectivity index (χ1v) is 25.7. The number of unbranched alkanes of at least 4 members (excludes halogenated alkanes) is 8. The van der Waals surface area contributed by atoms with Gasteiger partial charge in [0, 0.05) is 46.4 Å². The van der Waals surface area contributed by atoms with Gasteiger partial charge in [-0.3, -0.25) is 9.59 Å². The quantitative estimate of drug-likeness (QED) is 0.0292. The van der Waals surface area contributed by atoms with Gasteiger partial charge in [-0.15, -0.1) is 5.92 Å². The molecule has 2 N–H and O–H groups in total. The third-order valence-electron chi connectivity index (χ3n) is 11.7. The van der Waals surface area contributed by atoms with Gasteiger partial charge in [0.1, 0.15) is 24.0 Å². The van der Waals surface area contributed by atoms with Crippen LogP contribution in [-0.2, 0) is 39.4 Å². The summed E-state index contributed by atoms with van der Waals surface area (Å²) in [7, 11) is 0.959. The highest BCUT2D eigenvalue weighted by Gasteiger charge is 2.50. The molecule has 0 radical (unpaired) electrons. The number of ether oxygens (including phenoxy) is 4. The maximum atomic E-state index is 14.6. The molecule has 0 spiro atoms. The Morgan fingerprint density at radius 2 is 1.52 bits per heavy atom. The molecule has 0 saturated carbocycles. The Bertz CT molecular complexity index is 1560. The van der Waals surface area contributed by atoms with Crippen molar-refractivity contribution in [2.75, 3.05) is 40.5 Å². The molecular weight excluding hydrogens is 789 g/mol. The minimum Gasteiger partial charge on any atom is -0.481 e. The molecule has 1 aliphatic rings. The molecule has 346 valence electrons. The average molecular weight is 871 g/mol. The third kappa shape index (κ3) is 19.0. The van der Waals surface area contributed by atoms with Crippen molar-refractivity contribution in [3.8, 4) is 17.6 Å². The van der Waals surface area contributed by atoms with Crippen LogP contribution in [0.2, 0.25) is 18.1 Å². The molecule has 0 bridgehead atoms. The summed E-state index contributed by atoms with van der Waals surface area (Å²) < 4.78 is 30.2. The summed E-state index contributed by atoms with van der Waals surface area (Å²) >= 11 is 0. The minimum atomic E-state index is -2.30. The van der Waals surface area contributed by atoms with Gasteiger partial charge in [0.05, 0.1) is 19.1 Å². The van der Waals surface area contributed by atoms with Gasteiger partial charge in [-0.25, -0.2) is 4.79 Å². The molecule has 1 heterocycles. The SMILES string of the molecule is CC#CCOc1ccc(C[C@H](NC(=O)[C@@H](C=CCCCCCCC2(CCCCCCC)OCCO2)[C@@](O)(CCO[Si](C)(C)C(C)(C)C)C(=O)OC(C)(C)C)C(=O)N(C)C)cc1. The van der Waals surface area contributed by atoms with Crippen LogP contribution in [0.4, 0.5) is 0 Å². The molecule has 11 nitrogen and oxygen atoms in total. The van der Waals surface area contributed by atoms with Gasteiger partial charge >= 0.3 is 5.97 Å². The number of nitrogens with one attached hydrogen (secondary N) is 1. The van der Waals surface area contributed by atoms with Gasteiger partial charge in [0.15, 0.2) is 19.7 Å². The first kappa shape index (κ1) is 53.9. The van der Waals surface area contributed by atoms with Gasteiger partial charge in [-0.05, 0) is 89.2 Å². The second-order valence-corrected chi connectivity index (χ2v) is 24.1. The van der Waals surface area contributed by atoms with E-state index in [1.165, 1.54) is 30.6 Å². The lowest BCUT2D eigenvalue weighted by atomic mass is 9.82. The van der Waals surface area contributed by atoms with Crippen LogP contribution < -0.4 is 10.1 Å². The number of likely N-dealkylation sites (N-methyl/N-ethyl adjacent to an activating group) is 1. The summed E-state index contributed by atoms with van der Waals surface area (Å²) in [4.78, 5) is 43.8. The monoisotopic (exact) mass is 871 g/mol. The highest BCUT2D eigenvalue weighted by Crippen LogP contribution is 2.38. The Labute approximate surface area is 370 Å². The smallest absolute Gasteiger partial charge is 0.339 e. The van der Waals surface area contributed by atoms with Crippen molar-refractivity contribution in [2.45, 2.75) is 186 Å². The van der Waals surface area contributed by atoms with Crippen LogP contribution in [0, 0.1) is 17.8 Å². The molecule has 1 aliphatic heterocycles. The molecule has 1 aromatic rings. The molecule has 61 heavy (non-hydrogen) atoms. The maximum absolute atomic E-state index is 14.6. The van der Waals surface area contributed by atoms with E-state index in [0.717, 1.165) is 50.5 Å². The molecule has 0 aliphatic carbocycles. The summed E-state index contributed by atoms with van der Waals surface area (Å²) in [6, 6.07) is 6.28. The summed E-state index contributed by atoms with van der Waals surface area (Å²) in [5.74, 6) is 2.55. The van der Waals surface area contributed by atoms with Crippen molar-refractivity contribution in [3.63, 3.8) is 0 Å². The fraction of sp³-hybridized carbons (Fsp3) is 0.735. The molecule has 0 unspecified atom stereocenters. The fourth-order valence-corrected chi connectivity index (χ4v) is 8.01. The summed E-state index contributed by atoms with van der Waals surface area (Å²) in [6.45, 7) is 21.3. The molecule has 12 heteroatoms. The van der Waals surface area contributed by atoms with Gasteiger partial charge in [-0.2, -0.15) is 0 Å². The largest absolute Gasteiger partial charge is 0.481 e. The van der Waals surface area contributed by atoms with Crippen molar-refractivity contribution < 1.29 is 42.9 Å². The lowest BCUT2D eigenvalue weighted by Gasteiger charge is -2.39. The number of esters is 1. The number of aliphatic hydroxyl groups is 1. The molecule has 0 aromatic heterocycles. The zero-order chi connectivity index (χ0) is 45.7. The van der Waals surface area contributed by atoms with Crippen molar-refractivity contribution in [3.05, 3.63) is 42.0 Å². The first-order valence-electron chi connectivity index (χ1n) is 22.8. The van der Waals surface area contributed by atoms with E-state index in [1.54, 1.807) is 60.0 Å². The molecule has 2 rings (SSSR count). The number of hydrogen-bond acceptors (Lipinski definition) is 9. The summed E-state index contributed by atoms with van der Waals surface area (Å²) in [6.07, 6.45) is 15.7. The van der Waals surface area contributed by atoms with E-state index >= 15 is 0 Å². The van der Waals surface area contributed by atoms with E-state index in [-0.39, 0.29) is 37.0 Å². The van der Waals surface area contributed by atoms with Crippen LogP contribution in [0.3, 0.4) is 0 Å². The van der Waals surface area contributed by atoms with Crippen molar-refractivity contribution >= 4 is 26.1 Å². The summed E-state index contributed by atoms with van der Waals surface area (Å²) in [5, 5.41) is 15.4. The zero-order valence-electron chi connectivity index (χ0n) is 40.0. The van der Waals surface area contributed by atoms with E-state index in [0.29, 0.717) is 25.4 Å². The van der Waals surface area contributed by atoms with E-state index in [9.17, 15) is 19.5 Å². The van der Waals surface area contributed by atoms with Gasteiger partial charge in [0.2, 0.25) is 11.8 Å². The first-order chi connectivity index (χ1) is 28.6. The van der Waals surface area contributed by atoms with Crippen molar-refractivity contribution in [1.82, 2.24) is 10.2 Å². The zero-order valence-corrected chi connectivity index (χ0v) is 41.0. The number of hydrogen-bond donors (Lipinski definition) is 2. The van der Waals surface area contributed by atoms with E-state index in [1.807, 2.05) is 18.2 Å². The van der Waals surface area contributed by atoms with Crippen LogP contribution in [0.25, 0.3) is 0 Å². The lowest BCUT2D eigenvalue weighted by Crippen LogP contribution is -2.57. The number of benzene rings is 1. The molecule has 1 aromatic carbocycles. The van der Waals surface area contributed by atoms with Crippen LogP contribution >= 0.6 is 0 Å². The van der Waals surface area contributed by atoms with Crippen LogP contribution in [0.1, 0.15) is 144 Å². The second kappa shape index (κ2) is 25.8. The summed E-state index contributed by atoms with van der Waals surface area (Å²) in [5.41, 5.74) is -2.45. The molecule has 1 saturated heterocycles. The van der Waals surface area contributed by atoms with Gasteiger partial charge < -0.3 is 38.7 Å². The molecular formula is C49H82N2O9Si. The van der Waals surface area contributed by atoms with Crippen LogP contribution in [0.15, 0.2) is 36.4 Å². The van der Waals surface area contributed by atoms with Crippen molar-refractivity contribution in [2.24, 2.45) is 5.92 Å². The topological polar surface area (TPSA) is 133 Å². The fourth-order valence-electron chi connectivity index (χ4n) is 6.97. The van der Waals surface area contributed by atoms with E-state index in [4.69, 9.17) is 23.4 Å². The predicted octanol–water partition coefficient (Wildman–Crippen LogP) is 9.31. The van der Waals surface area contributed by atoms with Crippen LogP contribution in [-0.4, -0.2) is 99.7 Å². The number of amides is 2. The van der Waals surface area contributed by atoms with Crippen molar-refractivity contribution in [1.29, 1.82) is 0 Å². The second-order valence-electron chi connectivity index (χ2n) is 19.3. The van der Waals surface area contributed by atoms with Gasteiger partial charge in [0.25, 0.3) is 0 Å². The highest BCUT2D eigenvalue weighted by molar-refractivity contribution is 6.74. The lowest BCUT2D eigenvalue weighted by molar-refractivity contribution is -0.185.